The van der Waals surface area contributed by atoms with Gasteiger partial charge in [-0.05, 0) is 56.1 Å². The van der Waals surface area contributed by atoms with Crippen LogP contribution in [0.3, 0.4) is 0 Å². The van der Waals surface area contributed by atoms with Crippen molar-refractivity contribution in [1.29, 1.82) is 0 Å². The molecule has 2 aliphatic rings. The van der Waals surface area contributed by atoms with Gasteiger partial charge in [0.1, 0.15) is 12.1 Å². The van der Waals surface area contributed by atoms with Crippen LogP contribution in [0.25, 0.3) is 0 Å². The summed E-state index contributed by atoms with van der Waals surface area (Å²) in [7, 11) is 0. The first kappa shape index (κ1) is 30.8. The highest BCUT2D eigenvalue weighted by Gasteiger charge is 2.06. The van der Waals surface area contributed by atoms with E-state index in [-0.39, 0.29) is 12.4 Å². The number of ketones is 1. The molecule has 2 aromatic carbocycles. The van der Waals surface area contributed by atoms with Gasteiger partial charge in [-0.25, -0.2) is 0 Å². The number of hydrogen-bond acceptors (Lipinski definition) is 5. The predicted octanol–water partition coefficient (Wildman–Crippen LogP) is 6.15. The van der Waals surface area contributed by atoms with E-state index in [9.17, 15) is 19.2 Å². The van der Waals surface area contributed by atoms with E-state index in [0.717, 1.165) is 63.2 Å². The number of aldehydes is 1. The monoisotopic (exact) mass is 496 g/mol. The Kier molecular flexibility index (Phi) is 18.0. The second-order valence-corrected chi connectivity index (χ2v) is 8.70. The van der Waals surface area contributed by atoms with Crippen molar-refractivity contribution in [3.63, 3.8) is 0 Å². The summed E-state index contributed by atoms with van der Waals surface area (Å²) >= 11 is 0. The first-order valence-electron chi connectivity index (χ1n) is 12.9. The van der Waals surface area contributed by atoms with Gasteiger partial charge in [0.2, 0.25) is 0 Å². The summed E-state index contributed by atoms with van der Waals surface area (Å²) in [6, 6.07) is 19.6. The molecule has 0 radical (unpaired) electrons. The van der Waals surface area contributed by atoms with Crippen LogP contribution in [0.2, 0.25) is 0 Å². The summed E-state index contributed by atoms with van der Waals surface area (Å²) in [5.74, 6) is -0.303. The standard InChI is InChI=1S/C9H10O2.C9H10O.C6H10O2.C6H10O/c10-9(11)7-6-8-4-2-1-3-5-8;10-8-4-7-9-5-2-1-3-6-9;7-6-4-2-1-3-5-8-6;7-6-4-2-1-3-5-6/h1-5H,6-7H2,(H,10,11);1-3,5-6,8H,4,7H2;1-5H2;1-5H2. The van der Waals surface area contributed by atoms with Crippen molar-refractivity contribution >= 4 is 24.0 Å². The maximum atomic E-state index is 10.5. The zero-order valence-electron chi connectivity index (χ0n) is 21.2. The number of ether oxygens (including phenoxy) is 1. The van der Waals surface area contributed by atoms with Crippen LogP contribution in [-0.2, 0) is 36.8 Å². The van der Waals surface area contributed by atoms with Crippen molar-refractivity contribution in [2.45, 2.75) is 83.5 Å². The number of aryl methyl sites for hydroxylation is 2. The van der Waals surface area contributed by atoms with Crippen molar-refractivity contribution in [2.24, 2.45) is 0 Å². The minimum absolute atomic E-state index is 0.0255. The normalized spacial score (nSPS) is 14.7. The lowest BCUT2D eigenvalue weighted by molar-refractivity contribution is -0.142. The summed E-state index contributed by atoms with van der Waals surface area (Å²) in [6.07, 6.45) is 12.3. The molecular formula is C30H40O6. The van der Waals surface area contributed by atoms with E-state index in [1.165, 1.54) is 12.0 Å². The number of rotatable bonds is 6. The van der Waals surface area contributed by atoms with Crippen LogP contribution in [-0.4, -0.2) is 35.7 Å². The van der Waals surface area contributed by atoms with E-state index >= 15 is 0 Å². The molecule has 6 nitrogen and oxygen atoms in total. The van der Waals surface area contributed by atoms with E-state index in [0.29, 0.717) is 31.7 Å². The lowest BCUT2D eigenvalue weighted by Crippen LogP contribution is -2.02. The molecule has 1 aliphatic carbocycles. The Morgan fingerprint density at radius 1 is 0.750 bits per heavy atom. The van der Waals surface area contributed by atoms with Crippen molar-refractivity contribution in [2.75, 3.05) is 6.61 Å². The summed E-state index contributed by atoms with van der Waals surface area (Å²) in [4.78, 5) is 41.1. The third-order valence-corrected chi connectivity index (χ3v) is 5.56. The maximum absolute atomic E-state index is 10.5. The number of Topliss-reactive ketones (excluding diaryl/α,β-unsaturated/α-hetero) is 1. The molecule has 1 saturated carbocycles. The third-order valence-electron chi connectivity index (χ3n) is 5.56. The second kappa shape index (κ2) is 21.0. The van der Waals surface area contributed by atoms with Gasteiger partial charge in [0.15, 0.2) is 0 Å². The van der Waals surface area contributed by atoms with Gasteiger partial charge in [0, 0.05) is 32.1 Å². The number of aliphatic carboxylic acids is 1. The van der Waals surface area contributed by atoms with Gasteiger partial charge >= 0.3 is 11.9 Å². The van der Waals surface area contributed by atoms with E-state index < -0.39 is 5.97 Å². The topological polar surface area (TPSA) is 97.7 Å². The fourth-order valence-corrected chi connectivity index (χ4v) is 3.52. The zero-order valence-corrected chi connectivity index (χ0v) is 21.2. The van der Waals surface area contributed by atoms with Gasteiger partial charge in [0.25, 0.3) is 0 Å². The SMILES string of the molecule is O=C(O)CCc1ccccc1.O=C1CCCCC1.O=C1CCCCCO1.O=CCCc1ccccc1. The zero-order chi connectivity index (χ0) is 26.3. The minimum atomic E-state index is -0.742. The Labute approximate surface area is 215 Å². The van der Waals surface area contributed by atoms with E-state index in [1.54, 1.807) is 0 Å². The smallest absolute Gasteiger partial charge is 0.305 e. The number of carboxylic acids is 1. The quantitative estimate of drug-likeness (QED) is 0.381. The Balaban J connectivity index is 0.000000243. The molecule has 0 unspecified atom stereocenters. The van der Waals surface area contributed by atoms with Crippen molar-refractivity contribution in [3.8, 4) is 0 Å². The molecule has 2 fully saturated rings. The summed E-state index contributed by atoms with van der Waals surface area (Å²) in [5, 5.41) is 8.37. The van der Waals surface area contributed by atoms with Crippen LogP contribution in [0.4, 0.5) is 0 Å². The molecule has 1 N–H and O–H groups in total. The van der Waals surface area contributed by atoms with Crippen molar-refractivity contribution in [3.05, 3.63) is 71.8 Å². The van der Waals surface area contributed by atoms with E-state index in [2.05, 4.69) is 0 Å². The van der Waals surface area contributed by atoms with Gasteiger partial charge in [0.05, 0.1) is 6.61 Å². The first-order valence-corrected chi connectivity index (χ1v) is 12.9. The summed E-state index contributed by atoms with van der Waals surface area (Å²) < 4.78 is 4.76. The van der Waals surface area contributed by atoms with Gasteiger partial charge in [-0.3, -0.25) is 14.4 Å². The number of carboxylic acid groups (broad SMARTS) is 1. The Bertz CT molecular complexity index is 846. The molecule has 1 heterocycles. The number of hydrogen-bond donors (Lipinski definition) is 1. The molecule has 196 valence electrons. The molecule has 1 saturated heterocycles. The van der Waals surface area contributed by atoms with Gasteiger partial charge in [-0.1, -0.05) is 67.1 Å². The van der Waals surface area contributed by atoms with Gasteiger partial charge in [-0.15, -0.1) is 0 Å². The second-order valence-electron chi connectivity index (χ2n) is 8.70. The molecule has 2 aromatic rings. The predicted molar refractivity (Wildman–Crippen MR) is 141 cm³/mol. The molecule has 0 aromatic heterocycles. The highest BCUT2D eigenvalue weighted by molar-refractivity contribution is 5.78. The average molecular weight is 497 g/mol. The molecule has 6 heteroatoms. The minimum Gasteiger partial charge on any atom is -0.481 e. The Morgan fingerprint density at radius 3 is 1.78 bits per heavy atom. The van der Waals surface area contributed by atoms with Crippen molar-refractivity contribution in [1.82, 2.24) is 0 Å². The fourth-order valence-electron chi connectivity index (χ4n) is 3.52. The molecule has 0 spiro atoms. The van der Waals surface area contributed by atoms with E-state index in [1.807, 2.05) is 60.7 Å². The third kappa shape index (κ3) is 18.1. The molecule has 4 rings (SSSR count). The number of esters is 1. The largest absolute Gasteiger partial charge is 0.481 e. The average Bonchev–Trinajstić information content (AvgIpc) is 3.16. The lowest BCUT2D eigenvalue weighted by Gasteiger charge is -2.05. The van der Waals surface area contributed by atoms with Crippen LogP contribution >= 0.6 is 0 Å². The number of cyclic esters (lactones) is 1. The molecule has 0 bridgehead atoms. The Morgan fingerprint density at radius 2 is 1.28 bits per heavy atom. The molecule has 36 heavy (non-hydrogen) atoms. The van der Waals surface area contributed by atoms with Gasteiger partial charge in [-0.2, -0.15) is 0 Å². The number of benzene rings is 2. The number of carbonyl (C=O) groups is 4. The molecule has 1 aliphatic heterocycles. The van der Waals surface area contributed by atoms with Crippen molar-refractivity contribution < 1.29 is 29.0 Å². The van der Waals surface area contributed by atoms with Crippen LogP contribution in [0.15, 0.2) is 60.7 Å². The van der Waals surface area contributed by atoms with Crippen LogP contribution in [0.1, 0.15) is 81.8 Å². The van der Waals surface area contributed by atoms with E-state index in [4.69, 9.17) is 9.84 Å². The highest BCUT2D eigenvalue weighted by Crippen LogP contribution is 2.12. The molecule has 0 amide bonds. The van der Waals surface area contributed by atoms with Crippen LogP contribution in [0.5, 0.6) is 0 Å². The highest BCUT2D eigenvalue weighted by atomic mass is 16.5. The van der Waals surface area contributed by atoms with Gasteiger partial charge < -0.3 is 14.6 Å². The fraction of sp³-hybridized carbons (Fsp3) is 0.467. The Hall–Kier alpha value is -3.28. The van der Waals surface area contributed by atoms with Crippen LogP contribution < -0.4 is 0 Å². The molecular weight excluding hydrogens is 456 g/mol. The maximum Gasteiger partial charge on any atom is 0.305 e. The lowest BCUT2D eigenvalue weighted by atomic mass is 10.00. The number of carbonyl (C=O) groups excluding carboxylic acids is 3. The summed E-state index contributed by atoms with van der Waals surface area (Å²) in [6.45, 7) is 0.638. The molecule has 0 atom stereocenters. The first-order chi connectivity index (χ1) is 17.5. The summed E-state index contributed by atoms with van der Waals surface area (Å²) in [5.41, 5.74) is 2.31. The van der Waals surface area contributed by atoms with Crippen LogP contribution in [0, 0.1) is 0 Å².